The Morgan fingerprint density at radius 2 is 2.46 bits per heavy atom. The Hall–Kier alpha value is -1.76. The molecule has 0 aromatic carbocycles. The zero-order chi connectivity index (χ0) is 9.26. The molecule has 2 heterocycles. The third-order valence-corrected chi connectivity index (χ3v) is 2.04. The molecule has 0 saturated heterocycles. The number of hydrogen-bond acceptors (Lipinski definition) is 5. The average Bonchev–Trinajstić information content (AvgIpc) is 2.74. The summed E-state index contributed by atoms with van der Waals surface area (Å²) >= 11 is 1.07. The first kappa shape index (κ1) is 7.87. The maximum absolute atomic E-state index is 10.7. The molecular weight excluding hydrogens is 192 g/mol. The van der Waals surface area contributed by atoms with E-state index in [9.17, 15) is 4.79 Å². The summed E-state index contributed by atoms with van der Waals surface area (Å²) in [4.78, 5) is 14.4. The van der Waals surface area contributed by atoms with E-state index in [0.29, 0.717) is 5.82 Å². The van der Waals surface area contributed by atoms with Gasteiger partial charge in [0, 0.05) is 5.38 Å². The van der Waals surface area contributed by atoms with Crippen molar-refractivity contribution >= 4 is 17.5 Å². The molecule has 0 bridgehead atoms. The summed E-state index contributed by atoms with van der Waals surface area (Å²) in [5.74, 6) is -0.714. The summed E-state index contributed by atoms with van der Waals surface area (Å²) in [6.07, 6.45) is 2.73. The van der Waals surface area contributed by atoms with Crippen LogP contribution in [0.25, 0.3) is 5.82 Å². The van der Waals surface area contributed by atoms with Crippen molar-refractivity contribution in [3.8, 4) is 5.82 Å². The summed E-state index contributed by atoms with van der Waals surface area (Å²) < 4.78 is 5.22. The molecule has 7 heteroatoms. The van der Waals surface area contributed by atoms with E-state index in [4.69, 9.17) is 5.11 Å². The van der Waals surface area contributed by atoms with Gasteiger partial charge in [0.25, 0.3) is 0 Å². The average molecular weight is 196 g/mol. The van der Waals surface area contributed by atoms with Crippen molar-refractivity contribution in [3.63, 3.8) is 0 Å². The number of hydrogen-bond donors (Lipinski definition) is 1. The van der Waals surface area contributed by atoms with Crippen LogP contribution in [0.3, 0.4) is 0 Å². The fraction of sp³-hybridized carbons (Fsp3) is 0. The molecule has 6 nitrogen and oxygen atoms in total. The van der Waals surface area contributed by atoms with E-state index >= 15 is 0 Å². The lowest BCUT2D eigenvalue weighted by Crippen LogP contribution is -2.03. The van der Waals surface area contributed by atoms with Crippen LogP contribution in [0.4, 0.5) is 0 Å². The Labute approximate surface area is 76.6 Å². The number of carboxylic acids is 1. The Morgan fingerprint density at radius 3 is 3.08 bits per heavy atom. The Kier molecular flexibility index (Phi) is 1.78. The van der Waals surface area contributed by atoms with E-state index in [2.05, 4.69) is 14.5 Å². The number of aromatic nitrogens is 4. The van der Waals surface area contributed by atoms with Gasteiger partial charge in [0.15, 0.2) is 5.82 Å². The molecule has 0 aliphatic carbocycles. The number of carbonyl (C=O) groups is 1. The van der Waals surface area contributed by atoms with Crippen LogP contribution in [0.1, 0.15) is 10.4 Å². The Balaban J connectivity index is 2.52. The molecule has 0 amide bonds. The zero-order valence-electron chi connectivity index (χ0n) is 6.28. The van der Waals surface area contributed by atoms with Crippen LogP contribution in [0.15, 0.2) is 18.0 Å². The van der Waals surface area contributed by atoms with E-state index < -0.39 is 5.97 Å². The maximum atomic E-state index is 10.7. The second-order valence-corrected chi connectivity index (χ2v) is 2.83. The van der Waals surface area contributed by atoms with Gasteiger partial charge < -0.3 is 5.11 Å². The van der Waals surface area contributed by atoms with Crippen molar-refractivity contribution in [2.75, 3.05) is 0 Å². The molecule has 13 heavy (non-hydrogen) atoms. The second kappa shape index (κ2) is 2.94. The molecule has 0 fully saturated rings. The lowest BCUT2D eigenvalue weighted by molar-refractivity contribution is 0.0697. The molecule has 1 N–H and O–H groups in total. The van der Waals surface area contributed by atoms with Gasteiger partial charge in [0.1, 0.15) is 18.2 Å². The molecule has 0 saturated carbocycles. The summed E-state index contributed by atoms with van der Waals surface area (Å²) in [5, 5.41) is 14.0. The largest absolute Gasteiger partial charge is 0.478 e. The minimum Gasteiger partial charge on any atom is -0.478 e. The molecule has 0 atom stereocenters. The quantitative estimate of drug-likeness (QED) is 0.752. The molecule has 0 unspecified atom stereocenters. The van der Waals surface area contributed by atoms with Gasteiger partial charge in [-0.3, -0.25) is 0 Å². The van der Waals surface area contributed by atoms with E-state index in [-0.39, 0.29) is 5.56 Å². The summed E-state index contributed by atoms with van der Waals surface area (Å²) in [6, 6.07) is 0. The fourth-order valence-electron chi connectivity index (χ4n) is 0.860. The molecule has 0 spiro atoms. The Bertz CT molecular complexity index is 422. The van der Waals surface area contributed by atoms with Crippen molar-refractivity contribution in [1.29, 1.82) is 0 Å². The normalized spacial score (nSPS) is 10.2. The Morgan fingerprint density at radius 1 is 1.62 bits per heavy atom. The first-order chi connectivity index (χ1) is 6.29. The van der Waals surface area contributed by atoms with Crippen LogP contribution in [0.2, 0.25) is 0 Å². The van der Waals surface area contributed by atoms with Crippen molar-refractivity contribution in [2.24, 2.45) is 0 Å². The smallest absolute Gasteiger partial charge is 0.340 e. The van der Waals surface area contributed by atoms with Crippen LogP contribution >= 0.6 is 11.5 Å². The van der Waals surface area contributed by atoms with Gasteiger partial charge in [-0.05, 0) is 11.5 Å². The number of aromatic carboxylic acids is 1. The summed E-state index contributed by atoms with van der Waals surface area (Å²) in [6.45, 7) is 0. The van der Waals surface area contributed by atoms with Crippen molar-refractivity contribution in [1.82, 2.24) is 19.1 Å². The third kappa shape index (κ3) is 1.29. The summed E-state index contributed by atoms with van der Waals surface area (Å²) in [5.41, 5.74) is 0.135. The van der Waals surface area contributed by atoms with Gasteiger partial charge >= 0.3 is 5.97 Å². The van der Waals surface area contributed by atoms with Gasteiger partial charge in [0.05, 0.1) is 0 Å². The maximum Gasteiger partial charge on any atom is 0.340 e. The summed E-state index contributed by atoms with van der Waals surface area (Å²) in [7, 11) is 0. The fourth-order valence-corrected chi connectivity index (χ4v) is 1.51. The van der Waals surface area contributed by atoms with Gasteiger partial charge in [-0.25, -0.2) is 14.5 Å². The van der Waals surface area contributed by atoms with Crippen LogP contribution in [-0.2, 0) is 0 Å². The van der Waals surface area contributed by atoms with E-state index in [1.54, 1.807) is 0 Å². The third-order valence-electron chi connectivity index (χ3n) is 1.42. The molecule has 2 aromatic heterocycles. The highest BCUT2D eigenvalue weighted by molar-refractivity contribution is 7.04. The molecule has 0 aliphatic heterocycles. The first-order valence-corrected chi connectivity index (χ1v) is 4.15. The second-order valence-electron chi connectivity index (χ2n) is 2.20. The number of carboxylic acid groups (broad SMARTS) is 1. The minimum atomic E-state index is -1.01. The molecule has 2 rings (SSSR count). The van der Waals surface area contributed by atoms with Gasteiger partial charge in [0.2, 0.25) is 0 Å². The van der Waals surface area contributed by atoms with Crippen molar-refractivity contribution < 1.29 is 9.90 Å². The lowest BCUT2D eigenvalue weighted by Gasteiger charge is -1.95. The molecular formula is C6H4N4O2S. The SMILES string of the molecule is O=C(O)c1csnc1-n1cncn1. The highest BCUT2D eigenvalue weighted by Gasteiger charge is 2.14. The van der Waals surface area contributed by atoms with Gasteiger partial charge in [-0.2, -0.15) is 9.47 Å². The van der Waals surface area contributed by atoms with E-state index in [1.807, 2.05) is 0 Å². The van der Waals surface area contributed by atoms with Crippen molar-refractivity contribution in [2.45, 2.75) is 0 Å². The monoisotopic (exact) mass is 196 g/mol. The van der Waals surface area contributed by atoms with Gasteiger partial charge in [-0.1, -0.05) is 0 Å². The molecule has 66 valence electrons. The first-order valence-electron chi connectivity index (χ1n) is 3.31. The molecule has 0 radical (unpaired) electrons. The lowest BCUT2D eigenvalue weighted by atomic mass is 10.3. The van der Waals surface area contributed by atoms with E-state index in [0.717, 1.165) is 11.5 Å². The topological polar surface area (TPSA) is 80.9 Å². The number of nitrogens with zero attached hydrogens (tertiary/aromatic N) is 4. The molecule has 0 aliphatic rings. The van der Waals surface area contributed by atoms with E-state index in [1.165, 1.54) is 22.7 Å². The van der Waals surface area contributed by atoms with Crippen LogP contribution in [-0.4, -0.2) is 30.2 Å². The minimum absolute atomic E-state index is 0.135. The highest BCUT2D eigenvalue weighted by Crippen LogP contribution is 2.13. The van der Waals surface area contributed by atoms with Crippen LogP contribution in [0, 0.1) is 0 Å². The number of rotatable bonds is 2. The standard InChI is InChI=1S/C6H4N4O2S/c11-6(12)4-1-13-9-5(4)10-3-7-2-8-10/h1-3H,(H,11,12). The van der Waals surface area contributed by atoms with Crippen molar-refractivity contribution in [3.05, 3.63) is 23.6 Å². The van der Waals surface area contributed by atoms with Gasteiger partial charge in [-0.15, -0.1) is 0 Å². The predicted octanol–water partition coefficient (Wildman–Crippen LogP) is 0.422. The predicted molar refractivity (Wildman–Crippen MR) is 44.0 cm³/mol. The molecule has 2 aromatic rings. The zero-order valence-corrected chi connectivity index (χ0v) is 7.10. The van der Waals surface area contributed by atoms with Crippen LogP contribution in [0.5, 0.6) is 0 Å². The highest BCUT2D eigenvalue weighted by atomic mass is 32.1. The van der Waals surface area contributed by atoms with Crippen LogP contribution < -0.4 is 0 Å².